The molecule has 8 nitrogen and oxygen atoms in total. The van der Waals surface area contributed by atoms with Gasteiger partial charge in [-0.1, -0.05) is 0 Å². The maximum Gasteiger partial charge on any atom is 0.410 e. The highest BCUT2D eigenvalue weighted by Crippen LogP contribution is 2.19. The maximum absolute atomic E-state index is 12.2. The van der Waals surface area contributed by atoms with E-state index in [-0.39, 0.29) is 36.1 Å². The van der Waals surface area contributed by atoms with Gasteiger partial charge in [-0.25, -0.2) is 4.79 Å². The van der Waals surface area contributed by atoms with Crippen molar-refractivity contribution in [2.45, 2.75) is 72.4 Å². The molecule has 1 aliphatic rings. The van der Waals surface area contributed by atoms with Crippen LogP contribution in [0.2, 0.25) is 0 Å². The van der Waals surface area contributed by atoms with E-state index >= 15 is 0 Å². The SMILES string of the molecule is CN=C(NCC1CCN(C(=O)OC(C)(C)C)CC1)NC(C)Cc1c(C)nn(C)c1C.I. The molecule has 1 aromatic rings. The Kier molecular flexibility index (Phi) is 10.6. The average Bonchev–Trinajstić information content (AvgIpc) is 2.90. The molecule has 9 heteroatoms. The van der Waals surface area contributed by atoms with Gasteiger partial charge in [-0.3, -0.25) is 9.67 Å². The minimum Gasteiger partial charge on any atom is -0.444 e. The van der Waals surface area contributed by atoms with Crippen molar-refractivity contribution in [1.29, 1.82) is 0 Å². The summed E-state index contributed by atoms with van der Waals surface area (Å²) >= 11 is 0. The van der Waals surface area contributed by atoms with Crippen molar-refractivity contribution in [2.24, 2.45) is 18.0 Å². The lowest BCUT2D eigenvalue weighted by Crippen LogP contribution is -2.47. The molecule has 31 heavy (non-hydrogen) atoms. The molecule has 1 saturated heterocycles. The van der Waals surface area contributed by atoms with Crippen molar-refractivity contribution in [1.82, 2.24) is 25.3 Å². The quantitative estimate of drug-likeness (QED) is 0.335. The Bertz CT molecular complexity index is 748. The molecule has 1 aliphatic heterocycles. The third-order valence-corrected chi connectivity index (χ3v) is 5.60. The van der Waals surface area contributed by atoms with Gasteiger partial charge in [0.2, 0.25) is 0 Å². The molecule has 0 spiro atoms. The van der Waals surface area contributed by atoms with Crippen molar-refractivity contribution in [3.05, 3.63) is 17.0 Å². The van der Waals surface area contributed by atoms with Crippen LogP contribution >= 0.6 is 24.0 Å². The summed E-state index contributed by atoms with van der Waals surface area (Å²) in [6.45, 7) is 14.4. The largest absolute Gasteiger partial charge is 0.444 e. The first-order chi connectivity index (χ1) is 14.0. The first-order valence-corrected chi connectivity index (χ1v) is 10.9. The molecule has 0 saturated carbocycles. The van der Waals surface area contributed by atoms with Crippen LogP contribution in [0.4, 0.5) is 4.79 Å². The Labute approximate surface area is 204 Å². The third-order valence-electron chi connectivity index (χ3n) is 5.60. The van der Waals surface area contributed by atoms with E-state index in [2.05, 4.69) is 41.5 Å². The van der Waals surface area contributed by atoms with Crippen LogP contribution in [0.25, 0.3) is 0 Å². The smallest absolute Gasteiger partial charge is 0.410 e. The molecule has 0 radical (unpaired) electrons. The minimum absolute atomic E-state index is 0. The number of hydrogen-bond acceptors (Lipinski definition) is 4. The van der Waals surface area contributed by atoms with E-state index in [1.165, 1.54) is 11.3 Å². The number of nitrogens with one attached hydrogen (secondary N) is 2. The normalized spacial score (nSPS) is 16.5. The number of nitrogens with zero attached hydrogens (tertiary/aromatic N) is 4. The fourth-order valence-corrected chi connectivity index (χ4v) is 3.79. The summed E-state index contributed by atoms with van der Waals surface area (Å²) in [5.41, 5.74) is 3.14. The zero-order valence-corrected chi connectivity index (χ0v) is 22.7. The van der Waals surface area contributed by atoms with Gasteiger partial charge in [-0.2, -0.15) is 5.10 Å². The van der Waals surface area contributed by atoms with Crippen molar-refractivity contribution < 1.29 is 9.53 Å². The fraction of sp³-hybridized carbons (Fsp3) is 0.773. The maximum atomic E-state index is 12.2. The summed E-state index contributed by atoms with van der Waals surface area (Å²) in [4.78, 5) is 18.4. The number of carbonyl (C=O) groups is 1. The van der Waals surface area contributed by atoms with E-state index in [9.17, 15) is 4.79 Å². The molecule has 0 aliphatic carbocycles. The molecular weight excluding hydrogens is 507 g/mol. The van der Waals surface area contributed by atoms with Gasteiger partial charge >= 0.3 is 6.09 Å². The number of guanidine groups is 1. The molecule has 1 atom stereocenters. The van der Waals surface area contributed by atoms with E-state index in [4.69, 9.17) is 4.74 Å². The highest BCUT2D eigenvalue weighted by Gasteiger charge is 2.27. The average molecular weight is 549 g/mol. The van der Waals surface area contributed by atoms with Gasteiger partial charge in [-0.15, -0.1) is 24.0 Å². The Morgan fingerprint density at radius 3 is 2.39 bits per heavy atom. The van der Waals surface area contributed by atoms with E-state index < -0.39 is 5.60 Å². The summed E-state index contributed by atoms with van der Waals surface area (Å²) in [6.07, 6.45) is 2.63. The van der Waals surface area contributed by atoms with E-state index in [0.717, 1.165) is 50.6 Å². The molecule has 1 aromatic heterocycles. The Hall–Kier alpha value is -1.52. The van der Waals surface area contributed by atoms with Gasteiger partial charge in [0.1, 0.15) is 5.60 Å². The van der Waals surface area contributed by atoms with Crippen LogP contribution < -0.4 is 10.6 Å². The van der Waals surface area contributed by atoms with Crippen LogP contribution in [-0.4, -0.2) is 65.1 Å². The van der Waals surface area contributed by atoms with Crippen LogP contribution in [0, 0.1) is 19.8 Å². The molecule has 1 amide bonds. The number of ether oxygens (including phenoxy) is 1. The molecular formula is C22H41IN6O2. The number of hydrogen-bond donors (Lipinski definition) is 2. The zero-order valence-electron chi connectivity index (χ0n) is 20.4. The number of aryl methyl sites for hydroxylation is 2. The molecule has 0 bridgehead atoms. The van der Waals surface area contributed by atoms with Gasteiger partial charge in [0.25, 0.3) is 0 Å². The Morgan fingerprint density at radius 2 is 1.90 bits per heavy atom. The van der Waals surface area contributed by atoms with Crippen LogP contribution in [0.3, 0.4) is 0 Å². The lowest BCUT2D eigenvalue weighted by Gasteiger charge is -2.33. The minimum atomic E-state index is -0.447. The van der Waals surface area contributed by atoms with Crippen molar-refractivity contribution in [2.75, 3.05) is 26.7 Å². The highest BCUT2D eigenvalue weighted by molar-refractivity contribution is 14.0. The number of aliphatic imine (C=N–C) groups is 1. The second-order valence-electron chi connectivity index (χ2n) is 9.39. The number of carbonyl (C=O) groups excluding carboxylic acids is 1. The number of rotatable bonds is 5. The summed E-state index contributed by atoms with van der Waals surface area (Å²) in [6, 6.07) is 0.242. The van der Waals surface area contributed by atoms with E-state index in [1.54, 1.807) is 7.05 Å². The molecule has 178 valence electrons. The van der Waals surface area contributed by atoms with Gasteiger partial charge in [0.05, 0.1) is 5.69 Å². The number of aromatic nitrogens is 2. The molecule has 1 unspecified atom stereocenters. The molecule has 2 heterocycles. The zero-order chi connectivity index (χ0) is 22.5. The number of likely N-dealkylation sites (tertiary alicyclic amines) is 1. The standard InChI is InChI=1S/C22H40N6O2.HI/c1-15(13-19-16(2)26-27(8)17(19)3)25-20(23-7)24-14-18-9-11-28(12-10-18)21(29)30-22(4,5)6;/h15,18H,9-14H2,1-8H3,(H2,23,24,25);1H. The van der Waals surface area contributed by atoms with Gasteiger partial charge in [-0.05, 0) is 72.3 Å². The molecule has 1 fully saturated rings. The van der Waals surface area contributed by atoms with Crippen molar-refractivity contribution in [3.63, 3.8) is 0 Å². The predicted molar refractivity (Wildman–Crippen MR) is 136 cm³/mol. The van der Waals surface area contributed by atoms with Crippen LogP contribution in [-0.2, 0) is 18.2 Å². The van der Waals surface area contributed by atoms with Crippen molar-refractivity contribution in [3.8, 4) is 0 Å². The lowest BCUT2D eigenvalue weighted by atomic mass is 9.97. The Balaban J connectivity index is 0.00000480. The fourth-order valence-electron chi connectivity index (χ4n) is 3.79. The van der Waals surface area contributed by atoms with Gasteiger partial charge in [0.15, 0.2) is 5.96 Å². The molecule has 2 N–H and O–H groups in total. The summed E-state index contributed by atoms with van der Waals surface area (Å²) in [5, 5.41) is 11.4. The third kappa shape index (κ3) is 8.50. The topological polar surface area (TPSA) is 83.8 Å². The van der Waals surface area contributed by atoms with Crippen LogP contribution in [0.1, 0.15) is 57.5 Å². The number of halogens is 1. The number of piperidine rings is 1. The second-order valence-corrected chi connectivity index (χ2v) is 9.39. The summed E-state index contributed by atoms with van der Waals surface area (Å²) in [5.74, 6) is 1.33. The van der Waals surface area contributed by atoms with E-state index in [0.29, 0.717) is 5.92 Å². The van der Waals surface area contributed by atoms with Crippen molar-refractivity contribution >= 4 is 36.0 Å². The monoisotopic (exact) mass is 548 g/mol. The van der Waals surface area contributed by atoms with Crippen LogP contribution in [0.5, 0.6) is 0 Å². The molecule has 2 rings (SSSR count). The van der Waals surface area contributed by atoms with Gasteiger partial charge in [0, 0.05) is 45.5 Å². The first kappa shape index (κ1) is 27.5. The summed E-state index contributed by atoms with van der Waals surface area (Å²) < 4.78 is 7.41. The van der Waals surface area contributed by atoms with Gasteiger partial charge < -0.3 is 20.3 Å². The summed E-state index contributed by atoms with van der Waals surface area (Å²) in [7, 11) is 3.78. The Morgan fingerprint density at radius 1 is 1.29 bits per heavy atom. The lowest BCUT2D eigenvalue weighted by molar-refractivity contribution is 0.0185. The first-order valence-electron chi connectivity index (χ1n) is 10.9. The number of amides is 1. The molecule has 0 aromatic carbocycles. The highest BCUT2D eigenvalue weighted by atomic mass is 127. The van der Waals surface area contributed by atoms with E-state index in [1.807, 2.05) is 37.4 Å². The second kappa shape index (κ2) is 11.9. The predicted octanol–water partition coefficient (Wildman–Crippen LogP) is 3.40. The van der Waals surface area contributed by atoms with Crippen LogP contribution in [0.15, 0.2) is 4.99 Å².